The molecule has 166 valence electrons. The van der Waals surface area contributed by atoms with Crippen LogP contribution < -0.4 is 4.74 Å². The predicted molar refractivity (Wildman–Crippen MR) is 125 cm³/mol. The Morgan fingerprint density at radius 2 is 1.94 bits per heavy atom. The van der Waals surface area contributed by atoms with Crippen LogP contribution in [0.1, 0.15) is 49.3 Å². The van der Waals surface area contributed by atoms with Crippen LogP contribution in [0.2, 0.25) is 0 Å². The van der Waals surface area contributed by atoms with E-state index >= 15 is 0 Å². The third kappa shape index (κ3) is 2.24. The number of hydrogen-bond donors (Lipinski definition) is 1. The van der Waals surface area contributed by atoms with Gasteiger partial charge >= 0.3 is 0 Å². The third-order valence-electron chi connectivity index (χ3n) is 9.40. The second-order valence-corrected chi connectivity index (χ2v) is 10.3. The average Bonchev–Trinajstić information content (AvgIpc) is 3.04. The van der Waals surface area contributed by atoms with Gasteiger partial charge in [-0.2, -0.15) is 0 Å². The van der Waals surface area contributed by atoms with Crippen molar-refractivity contribution in [2.24, 2.45) is 11.3 Å². The molecule has 1 N–H and O–H groups in total. The van der Waals surface area contributed by atoms with Crippen molar-refractivity contribution in [1.82, 2.24) is 4.90 Å². The summed E-state index contributed by atoms with van der Waals surface area (Å²) in [5.74, 6) is 0.968. The molecular weight excluding hydrogens is 398 g/mol. The molecule has 3 fully saturated rings. The Morgan fingerprint density at radius 1 is 1.16 bits per heavy atom. The van der Waals surface area contributed by atoms with Crippen LogP contribution in [0.25, 0.3) is 5.57 Å². The second-order valence-electron chi connectivity index (χ2n) is 10.3. The van der Waals surface area contributed by atoms with Crippen LogP contribution in [0.15, 0.2) is 48.0 Å². The predicted octanol–water partition coefficient (Wildman–Crippen LogP) is 4.74. The van der Waals surface area contributed by atoms with Crippen molar-refractivity contribution in [3.8, 4) is 11.5 Å². The summed E-state index contributed by atoms with van der Waals surface area (Å²) < 4.78 is 5.55. The van der Waals surface area contributed by atoms with E-state index in [1.165, 1.54) is 22.3 Å². The maximum Gasteiger partial charge on any atom is 0.161 e. The molecule has 4 bridgehead atoms. The highest BCUT2D eigenvalue weighted by Crippen LogP contribution is 2.74. The Kier molecular flexibility index (Phi) is 4.20. The molecule has 1 aliphatic heterocycles. The van der Waals surface area contributed by atoms with Crippen molar-refractivity contribution in [3.63, 3.8) is 0 Å². The van der Waals surface area contributed by atoms with Crippen molar-refractivity contribution < 1.29 is 14.6 Å². The molecule has 2 aromatic rings. The number of phenolic OH excluding ortho intramolecular Hbond substituents is 1. The zero-order chi connectivity index (χ0) is 22.3. The van der Waals surface area contributed by atoms with Gasteiger partial charge in [-0.1, -0.05) is 42.0 Å². The highest BCUT2D eigenvalue weighted by Gasteiger charge is 2.73. The summed E-state index contributed by atoms with van der Waals surface area (Å²) in [6.07, 6.45) is 4.30. The number of aromatic hydroxyl groups is 1. The highest BCUT2D eigenvalue weighted by molar-refractivity contribution is 5.92. The quantitative estimate of drug-likeness (QED) is 0.749. The second kappa shape index (κ2) is 6.71. The van der Waals surface area contributed by atoms with Crippen LogP contribution in [0.4, 0.5) is 0 Å². The smallest absolute Gasteiger partial charge is 0.161 e. The van der Waals surface area contributed by atoms with Gasteiger partial charge in [-0.05, 0) is 69.0 Å². The van der Waals surface area contributed by atoms with Crippen LogP contribution >= 0.6 is 0 Å². The lowest BCUT2D eigenvalue weighted by atomic mass is 9.44. The molecule has 1 heterocycles. The number of ketones is 1. The average molecular weight is 430 g/mol. The minimum Gasteiger partial charge on any atom is -0.504 e. The third-order valence-corrected chi connectivity index (χ3v) is 9.40. The molecular formula is C28H31NO3. The largest absolute Gasteiger partial charge is 0.504 e. The maximum absolute atomic E-state index is 13.7. The molecule has 4 nitrogen and oxygen atoms in total. The molecule has 0 unspecified atom stereocenters. The molecule has 2 aromatic carbocycles. The Bertz CT molecular complexity index is 1150. The minimum absolute atomic E-state index is 0.0270. The number of nitrogens with zero attached hydrogens (tertiary/aromatic N) is 1. The maximum atomic E-state index is 13.7. The van der Waals surface area contributed by atoms with Gasteiger partial charge in [-0.15, -0.1) is 0 Å². The van der Waals surface area contributed by atoms with Gasteiger partial charge in [0.2, 0.25) is 0 Å². The first-order chi connectivity index (χ1) is 15.4. The van der Waals surface area contributed by atoms with Gasteiger partial charge in [-0.3, -0.25) is 4.79 Å². The molecule has 0 radical (unpaired) electrons. The summed E-state index contributed by atoms with van der Waals surface area (Å²) in [4.78, 5) is 16.3. The molecule has 0 spiro atoms. The first-order valence-electron chi connectivity index (χ1n) is 11.8. The summed E-state index contributed by atoms with van der Waals surface area (Å²) in [6, 6.07) is 14.9. The molecule has 4 atom stereocenters. The van der Waals surface area contributed by atoms with Gasteiger partial charge in [0.05, 0.1) is 7.11 Å². The number of phenols is 1. The minimum atomic E-state index is -0.350. The molecule has 32 heavy (non-hydrogen) atoms. The first kappa shape index (κ1) is 20.0. The molecule has 2 saturated carbocycles. The number of likely N-dealkylation sites (N-methyl/N-ethyl adjacent to an activating group) is 1. The lowest BCUT2D eigenvalue weighted by molar-refractivity contribution is -0.138. The zero-order valence-electron chi connectivity index (χ0n) is 19.1. The van der Waals surface area contributed by atoms with Gasteiger partial charge < -0.3 is 14.7 Å². The number of likely N-dealkylation sites (tertiary alicyclic amines) is 1. The Balaban J connectivity index is 1.68. The van der Waals surface area contributed by atoms with Crippen molar-refractivity contribution in [2.75, 3.05) is 20.7 Å². The fourth-order valence-corrected chi connectivity index (χ4v) is 8.11. The van der Waals surface area contributed by atoms with E-state index in [9.17, 15) is 9.90 Å². The van der Waals surface area contributed by atoms with E-state index in [1.807, 2.05) is 12.1 Å². The van der Waals surface area contributed by atoms with Crippen molar-refractivity contribution >= 4 is 11.4 Å². The topological polar surface area (TPSA) is 49.8 Å². The number of fused-ring (bicyclic) bond motifs is 1. The number of Topliss-reactive ketones (excluding diaryl/α,β-unsaturated/α-hetero) is 1. The number of rotatable bonds is 2. The molecule has 6 rings (SSSR count). The molecule has 3 aliphatic carbocycles. The van der Waals surface area contributed by atoms with Crippen LogP contribution in [0.3, 0.4) is 0 Å². The number of carbonyl (C=O) groups excluding carboxylic acids is 1. The molecule has 0 aromatic heterocycles. The van der Waals surface area contributed by atoms with Crippen molar-refractivity contribution in [2.45, 2.75) is 50.5 Å². The summed E-state index contributed by atoms with van der Waals surface area (Å²) in [7, 11) is 3.86. The monoisotopic (exact) mass is 429 g/mol. The van der Waals surface area contributed by atoms with E-state index in [4.69, 9.17) is 4.74 Å². The molecule has 1 saturated heterocycles. The fourth-order valence-electron chi connectivity index (χ4n) is 8.11. The van der Waals surface area contributed by atoms with Crippen LogP contribution in [-0.2, 0) is 16.6 Å². The van der Waals surface area contributed by atoms with Crippen LogP contribution in [0, 0.1) is 11.3 Å². The summed E-state index contributed by atoms with van der Waals surface area (Å²) in [5, 5.41) is 11.5. The van der Waals surface area contributed by atoms with E-state index in [2.05, 4.69) is 49.2 Å². The van der Waals surface area contributed by atoms with Crippen LogP contribution in [-0.4, -0.2) is 42.5 Å². The Hall–Kier alpha value is -2.59. The number of allylic oxidation sites excluding steroid dienone is 2. The Morgan fingerprint density at radius 3 is 2.69 bits per heavy atom. The number of benzene rings is 2. The summed E-state index contributed by atoms with van der Waals surface area (Å²) in [6.45, 7) is 3.14. The van der Waals surface area contributed by atoms with Gasteiger partial charge in [0, 0.05) is 34.8 Å². The van der Waals surface area contributed by atoms with E-state index < -0.39 is 0 Å². The Labute approximate surface area is 189 Å². The van der Waals surface area contributed by atoms with Gasteiger partial charge in [0.15, 0.2) is 11.5 Å². The summed E-state index contributed by atoms with van der Waals surface area (Å²) >= 11 is 0. The summed E-state index contributed by atoms with van der Waals surface area (Å²) in [5.41, 5.74) is 5.56. The van der Waals surface area contributed by atoms with Gasteiger partial charge in [0.25, 0.3) is 0 Å². The van der Waals surface area contributed by atoms with E-state index in [0.717, 1.165) is 37.8 Å². The van der Waals surface area contributed by atoms with Gasteiger partial charge in [-0.25, -0.2) is 0 Å². The van der Waals surface area contributed by atoms with Crippen molar-refractivity contribution in [1.29, 1.82) is 0 Å². The molecule has 4 aliphatic rings. The zero-order valence-corrected chi connectivity index (χ0v) is 19.1. The normalized spacial score (nSPS) is 34.7. The van der Waals surface area contributed by atoms with Crippen LogP contribution in [0.5, 0.6) is 11.5 Å². The lowest BCUT2D eigenvalue weighted by Gasteiger charge is -2.64. The number of methoxy groups -OCH3 is 1. The standard InChI is InChI=1S/C28H31NO3/c1-17(18-7-5-4-6-8-18)20-16-27-12-11-21(30)25(20)28(27)13-14-29(2)23(27)15-19-9-10-22(32-3)26(31)24(19)28/h4-10,23,25,31H,11-16H2,1-3H3/b20-17-/t23-,25-,27-,28+/m1/s1. The lowest BCUT2D eigenvalue weighted by Crippen LogP contribution is -2.67. The first-order valence-corrected chi connectivity index (χ1v) is 11.8. The van der Waals surface area contributed by atoms with E-state index in [0.29, 0.717) is 24.0 Å². The van der Waals surface area contributed by atoms with Crippen molar-refractivity contribution in [3.05, 3.63) is 64.7 Å². The number of carbonyl (C=O) groups is 1. The van der Waals surface area contributed by atoms with E-state index in [1.54, 1.807) is 7.11 Å². The highest BCUT2D eigenvalue weighted by atomic mass is 16.5. The SMILES string of the molecule is COc1ccc2c(c1O)[C@]13CCN(C)[C@H](C2)[C@]12CCC(=O)[C@H]3/C(=C(/C)c1ccccc1)C2. The number of ether oxygens (including phenoxy) is 1. The molecule has 4 heteroatoms. The van der Waals surface area contributed by atoms with Gasteiger partial charge in [0.1, 0.15) is 5.78 Å². The molecule has 0 amide bonds. The van der Waals surface area contributed by atoms with E-state index in [-0.39, 0.29) is 22.5 Å². The number of piperidine rings is 1. The number of hydrogen-bond acceptors (Lipinski definition) is 4. The fraction of sp³-hybridized carbons (Fsp3) is 0.464.